The van der Waals surface area contributed by atoms with E-state index in [1.54, 1.807) is 17.4 Å². The smallest absolute Gasteiger partial charge is 0.271 e. The maximum absolute atomic E-state index is 12.5. The molecule has 3 aromatic rings. The van der Waals surface area contributed by atoms with Crippen LogP contribution in [0.3, 0.4) is 0 Å². The number of piperazine rings is 1. The van der Waals surface area contributed by atoms with Crippen LogP contribution < -0.4 is 15.0 Å². The molecule has 4 rings (SSSR count). The minimum Gasteiger partial charge on any atom is -0.497 e. The van der Waals surface area contributed by atoms with E-state index >= 15 is 0 Å². The number of methoxy groups -OCH3 is 1. The monoisotopic (exact) mass is 436 g/mol. The van der Waals surface area contributed by atoms with Crippen molar-refractivity contribution in [2.45, 2.75) is 0 Å². The van der Waals surface area contributed by atoms with Crippen LogP contribution in [0.4, 0.5) is 5.69 Å². The number of benzene rings is 2. The fourth-order valence-corrected chi connectivity index (χ4v) is 4.26. The Hall–Kier alpha value is -3.39. The number of aromatic nitrogens is 1. The first-order chi connectivity index (χ1) is 15.1. The lowest BCUT2D eigenvalue weighted by atomic mass is 10.2. The Morgan fingerprint density at radius 2 is 1.74 bits per heavy atom. The molecule has 7 nitrogen and oxygen atoms in total. The van der Waals surface area contributed by atoms with Crippen LogP contribution in [0.5, 0.6) is 5.75 Å². The summed E-state index contributed by atoms with van der Waals surface area (Å²) < 4.78 is 5.16. The molecule has 0 unspecified atom stereocenters. The molecule has 1 aliphatic rings. The van der Waals surface area contributed by atoms with Gasteiger partial charge in [0.05, 0.1) is 13.7 Å². The minimum atomic E-state index is -0.340. The second kappa shape index (κ2) is 9.61. The lowest BCUT2D eigenvalue weighted by Gasteiger charge is -2.36. The molecule has 31 heavy (non-hydrogen) atoms. The molecule has 2 amide bonds. The van der Waals surface area contributed by atoms with Gasteiger partial charge in [0.2, 0.25) is 5.91 Å². The number of thiazole rings is 1. The number of nitrogens with zero attached hydrogens (tertiary/aromatic N) is 3. The van der Waals surface area contributed by atoms with Crippen LogP contribution in [-0.4, -0.2) is 61.5 Å². The van der Waals surface area contributed by atoms with Crippen LogP contribution in [-0.2, 0) is 4.79 Å². The molecular formula is C23H24N4O3S. The number of hydrogen-bond acceptors (Lipinski definition) is 6. The zero-order valence-electron chi connectivity index (χ0n) is 17.3. The third-order valence-corrected chi connectivity index (χ3v) is 6.12. The van der Waals surface area contributed by atoms with Gasteiger partial charge in [0.1, 0.15) is 16.5 Å². The van der Waals surface area contributed by atoms with Crippen molar-refractivity contribution in [2.75, 3.05) is 44.7 Å². The van der Waals surface area contributed by atoms with E-state index in [4.69, 9.17) is 4.74 Å². The van der Waals surface area contributed by atoms with Gasteiger partial charge in [-0.25, -0.2) is 4.98 Å². The van der Waals surface area contributed by atoms with Gasteiger partial charge < -0.3 is 19.9 Å². The van der Waals surface area contributed by atoms with Crippen LogP contribution in [0, 0.1) is 0 Å². The highest BCUT2D eigenvalue weighted by molar-refractivity contribution is 7.13. The first kappa shape index (κ1) is 20.9. The number of carbonyl (C=O) groups excluding carboxylic acids is 2. The van der Waals surface area contributed by atoms with Gasteiger partial charge >= 0.3 is 0 Å². The summed E-state index contributed by atoms with van der Waals surface area (Å²) in [6.45, 7) is 2.81. The molecule has 0 spiro atoms. The SMILES string of the molecule is COc1ccc(-c2nc(C(=O)NCC(=O)N3CCN(c4ccccc4)CC3)cs2)cc1. The summed E-state index contributed by atoms with van der Waals surface area (Å²) in [7, 11) is 1.62. The summed E-state index contributed by atoms with van der Waals surface area (Å²) in [4.78, 5) is 33.4. The number of rotatable bonds is 6. The Bertz CT molecular complexity index is 1030. The van der Waals surface area contributed by atoms with Gasteiger partial charge in [0.15, 0.2) is 0 Å². The minimum absolute atomic E-state index is 0.0282. The molecular weight excluding hydrogens is 412 g/mol. The Kier molecular flexibility index (Phi) is 6.47. The van der Waals surface area contributed by atoms with Gasteiger partial charge in [-0.2, -0.15) is 0 Å². The predicted molar refractivity (Wildman–Crippen MR) is 122 cm³/mol. The van der Waals surface area contributed by atoms with Crippen molar-refractivity contribution in [3.8, 4) is 16.3 Å². The highest BCUT2D eigenvalue weighted by Crippen LogP contribution is 2.25. The molecule has 0 saturated carbocycles. The highest BCUT2D eigenvalue weighted by Gasteiger charge is 2.22. The zero-order valence-corrected chi connectivity index (χ0v) is 18.1. The molecule has 2 heterocycles. The standard InChI is InChI=1S/C23H24N4O3S/c1-30-19-9-7-17(8-10-19)23-25-20(16-31-23)22(29)24-15-21(28)27-13-11-26(12-14-27)18-5-3-2-4-6-18/h2-10,16H,11-15H2,1H3,(H,24,29). The number of anilines is 1. The van der Waals surface area contributed by atoms with Gasteiger partial charge in [0, 0.05) is 42.8 Å². The van der Waals surface area contributed by atoms with Crippen molar-refractivity contribution in [2.24, 2.45) is 0 Å². The van der Waals surface area contributed by atoms with Gasteiger partial charge in [-0.05, 0) is 36.4 Å². The van der Waals surface area contributed by atoms with Crippen molar-refractivity contribution in [1.82, 2.24) is 15.2 Å². The van der Waals surface area contributed by atoms with Crippen molar-refractivity contribution < 1.29 is 14.3 Å². The lowest BCUT2D eigenvalue weighted by Crippen LogP contribution is -2.51. The first-order valence-corrected chi connectivity index (χ1v) is 11.0. The van der Waals surface area contributed by atoms with Gasteiger partial charge in [0.25, 0.3) is 5.91 Å². The average molecular weight is 437 g/mol. The molecule has 0 radical (unpaired) electrons. The molecule has 2 aromatic carbocycles. The fraction of sp³-hybridized carbons (Fsp3) is 0.261. The third-order valence-electron chi connectivity index (χ3n) is 5.23. The summed E-state index contributed by atoms with van der Waals surface area (Å²) >= 11 is 1.39. The summed E-state index contributed by atoms with van der Waals surface area (Å²) in [5, 5.41) is 5.16. The van der Waals surface area contributed by atoms with Crippen LogP contribution in [0.25, 0.3) is 10.6 Å². The van der Waals surface area contributed by atoms with Crippen molar-refractivity contribution in [3.63, 3.8) is 0 Å². The van der Waals surface area contributed by atoms with Crippen LogP contribution >= 0.6 is 11.3 Å². The fourth-order valence-electron chi connectivity index (χ4n) is 3.46. The molecule has 1 N–H and O–H groups in total. The van der Waals surface area contributed by atoms with E-state index in [2.05, 4.69) is 27.3 Å². The summed E-state index contributed by atoms with van der Waals surface area (Å²) in [5.41, 5.74) is 2.40. The molecule has 1 saturated heterocycles. The predicted octanol–water partition coefficient (Wildman–Crippen LogP) is 2.90. The Morgan fingerprint density at radius 3 is 2.42 bits per heavy atom. The number of carbonyl (C=O) groups is 2. The van der Waals surface area contributed by atoms with Gasteiger partial charge in [-0.3, -0.25) is 9.59 Å². The Labute approximate surface area is 185 Å². The normalized spacial score (nSPS) is 13.7. The molecule has 8 heteroatoms. The average Bonchev–Trinajstić information content (AvgIpc) is 3.33. The Balaban J connectivity index is 1.27. The molecule has 0 atom stereocenters. The largest absolute Gasteiger partial charge is 0.497 e. The zero-order chi connectivity index (χ0) is 21.6. The van der Waals surface area contributed by atoms with Crippen LogP contribution in [0.1, 0.15) is 10.5 Å². The van der Waals surface area contributed by atoms with E-state index in [9.17, 15) is 9.59 Å². The van der Waals surface area contributed by atoms with Crippen molar-refractivity contribution in [3.05, 3.63) is 65.7 Å². The number of para-hydroxylation sites is 1. The van der Waals surface area contributed by atoms with E-state index in [0.717, 1.165) is 29.4 Å². The van der Waals surface area contributed by atoms with E-state index in [-0.39, 0.29) is 18.4 Å². The third kappa shape index (κ3) is 5.03. The van der Waals surface area contributed by atoms with Gasteiger partial charge in [-0.15, -0.1) is 11.3 Å². The molecule has 160 valence electrons. The topological polar surface area (TPSA) is 74.8 Å². The van der Waals surface area contributed by atoms with E-state index in [1.165, 1.54) is 17.0 Å². The number of hydrogen-bond donors (Lipinski definition) is 1. The number of nitrogens with one attached hydrogen (secondary N) is 1. The van der Waals surface area contributed by atoms with Crippen molar-refractivity contribution >= 4 is 28.8 Å². The number of amides is 2. The maximum Gasteiger partial charge on any atom is 0.271 e. The second-order valence-electron chi connectivity index (χ2n) is 7.15. The molecule has 0 aliphatic carbocycles. The van der Waals surface area contributed by atoms with Crippen LogP contribution in [0.2, 0.25) is 0 Å². The summed E-state index contributed by atoms with van der Waals surface area (Å²) in [6.07, 6.45) is 0. The summed E-state index contributed by atoms with van der Waals surface area (Å²) in [6, 6.07) is 17.7. The summed E-state index contributed by atoms with van der Waals surface area (Å²) in [5.74, 6) is 0.348. The highest BCUT2D eigenvalue weighted by atomic mass is 32.1. The van der Waals surface area contributed by atoms with Crippen LogP contribution in [0.15, 0.2) is 60.0 Å². The maximum atomic E-state index is 12.5. The molecule has 1 aliphatic heterocycles. The molecule has 1 fully saturated rings. The number of ether oxygens (including phenoxy) is 1. The van der Waals surface area contributed by atoms with Gasteiger partial charge in [-0.1, -0.05) is 18.2 Å². The van der Waals surface area contributed by atoms with E-state index < -0.39 is 0 Å². The first-order valence-electron chi connectivity index (χ1n) is 10.1. The van der Waals surface area contributed by atoms with E-state index in [0.29, 0.717) is 18.8 Å². The lowest BCUT2D eigenvalue weighted by molar-refractivity contribution is -0.130. The molecule has 0 bridgehead atoms. The second-order valence-corrected chi connectivity index (χ2v) is 8.01. The molecule has 1 aromatic heterocycles. The van der Waals surface area contributed by atoms with E-state index in [1.807, 2.05) is 42.5 Å². The van der Waals surface area contributed by atoms with Crippen molar-refractivity contribution in [1.29, 1.82) is 0 Å². The quantitative estimate of drug-likeness (QED) is 0.643. The Morgan fingerprint density at radius 1 is 1.03 bits per heavy atom.